The third-order valence-corrected chi connectivity index (χ3v) is 5.44. The lowest BCUT2D eigenvalue weighted by molar-refractivity contribution is -0.930. The van der Waals surface area contributed by atoms with Gasteiger partial charge in [0.25, 0.3) is 0 Å². The second-order valence-corrected chi connectivity index (χ2v) is 6.92. The zero-order chi connectivity index (χ0) is 17.1. The normalized spacial score (nSPS) is 16.9. The number of hydrogen-bond acceptors (Lipinski definition) is 2. The van der Waals surface area contributed by atoms with Gasteiger partial charge >= 0.3 is 0 Å². The smallest absolute Gasteiger partial charge is 0.150 e. The molecule has 0 aromatic heterocycles. The SMILES string of the molecule is Cc1ccc([C@@H](C)[NH+]2CCN(c3ccc(C=O)cc3)CC2)cc1C. The van der Waals surface area contributed by atoms with E-state index in [-0.39, 0.29) is 0 Å². The molecule has 1 aliphatic heterocycles. The van der Waals surface area contributed by atoms with Crippen LogP contribution in [0.5, 0.6) is 0 Å². The minimum Gasteiger partial charge on any atom is -0.360 e. The number of rotatable bonds is 4. The number of aryl methyl sites for hydroxylation is 2. The van der Waals surface area contributed by atoms with Crippen molar-refractivity contribution in [1.82, 2.24) is 0 Å². The Labute approximate surface area is 144 Å². The lowest BCUT2D eigenvalue weighted by atomic mass is 10.0. The van der Waals surface area contributed by atoms with E-state index >= 15 is 0 Å². The van der Waals surface area contributed by atoms with E-state index in [1.807, 2.05) is 12.1 Å². The Morgan fingerprint density at radius 1 is 1.00 bits per heavy atom. The number of hydrogen-bond donors (Lipinski definition) is 1. The summed E-state index contributed by atoms with van der Waals surface area (Å²) in [7, 11) is 0. The van der Waals surface area contributed by atoms with Crippen molar-refractivity contribution in [2.24, 2.45) is 0 Å². The van der Waals surface area contributed by atoms with Crippen molar-refractivity contribution in [2.75, 3.05) is 31.1 Å². The van der Waals surface area contributed by atoms with Gasteiger partial charge in [-0.05, 0) is 62.2 Å². The van der Waals surface area contributed by atoms with Gasteiger partial charge in [0.1, 0.15) is 12.3 Å². The summed E-state index contributed by atoms with van der Waals surface area (Å²) >= 11 is 0. The maximum absolute atomic E-state index is 10.8. The second kappa shape index (κ2) is 7.18. The van der Waals surface area contributed by atoms with Gasteiger partial charge < -0.3 is 9.80 Å². The molecule has 0 aliphatic carbocycles. The van der Waals surface area contributed by atoms with Crippen LogP contribution in [-0.2, 0) is 0 Å². The van der Waals surface area contributed by atoms with E-state index < -0.39 is 0 Å². The fraction of sp³-hybridized carbons (Fsp3) is 0.381. The Hall–Kier alpha value is -2.13. The molecule has 1 aliphatic rings. The van der Waals surface area contributed by atoms with Gasteiger partial charge in [0, 0.05) is 16.8 Å². The largest absolute Gasteiger partial charge is 0.360 e. The van der Waals surface area contributed by atoms with Crippen molar-refractivity contribution in [3.05, 3.63) is 64.7 Å². The molecule has 0 unspecified atom stereocenters. The molecule has 0 amide bonds. The van der Waals surface area contributed by atoms with E-state index in [0.717, 1.165) is 38.0 Å². The highest BCUT2D eigenvalue weighted by Crippen LogP contribution is 2.17. The van der Waals surface area contributed by atoms with E-state index in [4.69, 9.17) is 0 Å². The first-order valence-corrected chi connectivity index (χ1v) is 8.80. The number of nitrogens with one attached hydrogen (secondary N) is 1. The molecular formula is C21H27N2O+. The summed E-state index contributed by atoms with van der Waals surface area (Å²) in [6, 6.07) is 15.3. The van der Waals surface area contributed by atoms with Gasteiger partial charge in [0.05, 0.1) is 26.2 Å². The van der Waals surface area contributed by atoms with Crippen molar-refractivity contribution in [1.29, 1.82) is 0 Å². The molecule has 1 atom stereocenters. The molecule has 1 heterocycles. The number of carbonyl (C=O) groups excluding carboxylic acids is 1. The molecule has 24 heavy (non-hydrogen) atoms. The number of carbonyl (C=O) groups is 1. The van der Waals surface area contributed by atoms with Gasteiger partial charge in [0.15, 0.2) is 0 Å². The Balaban J connectivity index is 1.63. The van der Waals surface area contributed by atoms with Gasteiger partial charge in [-0.3, -0.25) is 4.79 Å². The lowest BCUT2D eigenvalue weighted by Gasteiger charge is -2.36. The molecule has 0 radical (unpaired) electrons. The molecule has 0 bridgehead atoms. The first-order chi connectivity index (χ1) is 11.6. The summed E-state index contributed by atoms with van der Waals surface area (Å²) in [5, 5.41) is 0. The average Bonchev–Trinajstić information content (AvgIpc) is 2.63. The summed E-state index contributed by atoms with van der Waals surface area (Å²) in [6.45, 7) is 11.1. The van der Waals surface area contributed by atoms with E-state index in [0.29, 0.717) is 6.04 Å². The molecular weight excluding hydrogens is 296 g/mol. The molecule has 1 fully saturated rings. The third kappa shape index (κ3) is 3.51. The maximum atomic E-state index is 10.8. The molecule has 3 heteroatoms. The van der Waals surface area contributed by atoms with Gasteiger partial charge in [-0.25, -0.2) is 0 Å². The Kier molecular flexibility index (Phi) is 5.00. The number of quaternary nitrogens is 1. The predicted molar refractivity (Wildman–Crippen MR) is 99.1 cm³/mol. The van der Waals surface area contributed by atoms with Crippen molar-refractivity contribution in [3.63, 3.8) is 0 Å². The molecule has 3 rings (SSSR count). The minimum atomic E-state index is 0.531. The second-order valence-electron chi connectivity index (χ2n) is 6.92. The fourth-order valence-electron chi connectivity index (χ4n) is 3.52. The van der Waals surface area contributed by atoms with Crippen molar-refractivity contribution in [2.45, 2.75) is 26.8 Å². The first-order valence-electron chi connectivity index (χ1n) is 8.80. The van der Waals surface area contributed by atoms with Crippen LogP contribution in [0.3, 0.4) is 0 Å². The fourth-order valence-corrected chi connectivity index (χ4v) is 3.52. The summed E-state index contributed by atoms with van der Waals surface area (Å²) < 4.78 is 0. The van der Waals surface area contributed by atoms with Crippen molar-refractivity contribution < 1.29 is 9.69 Å². The van der Waals surface area contributed by atoms with Crippen LogP contribution < -0.4 is 9.80 Å². The Bertz CT molecular complexity index is 700. The minimum absolute atomic E-state index is 0.531. The van der Waals surface area contributed by atoms with E-state index in [1.165, 1.54) is 22.4 Å². The number of benzene rings is 2. The molecule has 1 saturated heterocycles. The quantitative estimate of drug-likeness (QED) is 0.875. The molecule has 1 N–H and O–H groups in total. The molecule has 0 saturated carbocycles. The van der Waals surface area contributed by atoms with Gasteiger partial charge in [-0.1, -0.05) is 12.1 Å². The summed E-state index contributed by atoms with van der Waals surface area (Å²) in [5.41, 5.74) is 6.15. The van der Waals surface area contributed by atoms with Gasteiger partial charge in [-0.15, -0.1) is 0 Å². The summed E-state index contributed by atoms with van der Waals surface area (Å²) in [5.74, 6) is 0. The Morgan fingerprint density at radius 3 is 2.25 bits per heavy atom. The number of aldehydes is 1. The van der Waals surface area contributed by atoms with Crippen LogP contribution in [0.4, 0.5) is 5.69 Å². The first kappa shape index (κ1) is 16.7. The molecule has 2 aromatic rings. The lowest BCUT2D eigenvalue weighted by Crippen LogP contribution is -3.14. The van der Waals surface area contributed by atoms with Crippen molar-refractivity contribution in [3.8, 4) is 0 Å². The topological polar surface area (TPSA) is 24.8 Å². The van der Waals surface area contributed by atoms with E-state index in [1.54, 1.807) is 4.90 Å². The highest BCUT2D eigenvalue weighted by Gasteiger charge is 2.25. The standard InChI is InChI=1S/C21H26N2O/c1-16-4-7-20(14-17(16)2)18(3)22-10-12-23(13-11-22)21-8-5-19(15-24)6-9-21/h4-9,14-15,18H,10-13H2,1-3H3/p+1/t18-/m1/s1. The molecule has 3 nitrogen and oxygen atoms in total. The van der Waals surface area contributed by atoms with Crippen molar-refractivity contribution >= 4 is 12.0 Å². The monoisotopic (exact) mass is 323 g/mol. The van der Waals surface area contributed by atoms with Gasteiger partial charge in [-0.2, -0.15) is 0 Å². The summed E-state index contributed by atoms with van der Waals surface area (Å²) in [4.78, 5) is 14.8. The van der Waals surface area contributed by atoms with Crippen LogP contribution in [0.2, 0.25) is 0 Å². The zero-order valence-corrected chi connectivity index (χ0v) is 14.9. The summed E-state index contributed by atoms with van der Waals surface area (Å²) in [6.07, 6.45) is 0.900. The van der Waals surface area contributed by atoms with Crippen LogP contribution in [0.25, 0.3) is 0 Å². The van der Waals surface area contributed by atoms with Crippen LogP contribution in [0, 0.1) is 13.8 Å². The molecule has 0 spiro atoms. The highest BCUT2D eigenvalue weighted by molar-refractivity contribution is 5.75. The van der Waals surface area contributed by atoms with Crippen LogP contribution in [-0.4, -0.2) is 32.5 Å². The highest BCUT2D eigenvalue weighted by atomic mass is 16.1. The maximum Gasteiger partial charge on any atom is 0.150 e. The van der Waals surface area contributed by atoms with Crippen LogP contribution >= 0.6 is 0 Å². The number of nitrogens with zero attached hydrogens (tertiary/aromatic N) is 1. The number of anilines is 1. The number of piperazine rings is 1. The predicted octanol–water partition coefficient (Wildman–Crippen LogP) is 2.58. The van der Waals surface area contributed by atoms with Crippen LogP contribution in [0.1, 0.15) is 40.0 Å². The van der Waals surface area contributed by atoms with E-state index in [2.05, 4.69) is 56.0 Å². The molecule has 126 valence electrons. The average molecular weight is 323 g/mol. The van der Waals surface area contributed by atoms with Crippen LogP contribution in [0.15, 0.2) is 42.5 Å². The van der Waals surface area contributed by atoms with E-state index in [9.17, 15) is 4.79 Å². The molecule has 2 aromatic carbocycles. The van der Waals surface area contributed by atoms with Gasteiger partial charge in [0.2, 0.25) is 0 Å². The Morgan fingerprint density at radius 2 is 1.67 bits per heavy atom. The third-order valence-electron chi connectivity index (χ3n) is 5.44. The zero-order valence-electron chi connectivity index (χ0n) is 14.9.